The molecular weight excluding hydrogens is 428 g/mol. The zero-order chi connectivity index (χ0) is 21.8. The predicted molar refractivity (Wildman–Crippen MR) is 102 cm³/mol. The Hall–Kier alpha value is -3.18. The number of para-hydroxylation sites is 1. The van der Waals surface area contributed by atoms with Gasteiger partial charge in [0.1, 0.15) is 6.54 Å². The maximum absolute atomic E-state index is 13.3. The van der Waals surface area contributed by atoms with Gasteiger partial charge in [-0.15, -0.1) is 0 Å². The molecule has 0 aliphatic rings. The molecule has 0 aliphatic heterocycles. The van der Waals surface area contributed by atoms with Gasteiger partial charge in [0.2, 0.25) is 0 Å². The lowest BCUT2D eigenvalue weighted by Gasteiger charge is -2.24. The number of ether oxygens (including phenoxy) is 2. The van der Waals surface area contributed by atoms with Crippen molar-refractivity contribution in [2.75, 3.05) is 25.1 Å². The maximum Gasteiger partial charge on any atom is 0.337 e. The van der Waals surface area contributed by atoms with E-state index in [1.54, 1.807) is 0 Å². The molecule has 12 heteroatoms. The van der Waals surface area contributed by atoms with Gasteiger partial charge in [0.15, 0.2) is 4.90 Å². The van der Waals surface area contributed by atoms with Crippen LogP contribution >= 0.6 is 11.6 Å². The fraction of sp³-hybridized carbons (Fsp3) is 0.176. The molecule has 0 saturated carbocycles. The summed E-state index contributed by atoms with van der Waals surface area (Å²) in [6.07, 6.45) is 0. The van der Waals surface area contributed by atoms with Gasteiger partial charge in [0, 0.05) is 6.07 Å². The van der Waals surface area contributed by atoms with Gasteiger partial charge in [-0.25, -0.2) is 13.2 Å². The van der Waals surface area contributed by atoms with Crippen LogP contribution in [-0.4, -0.2) is 46.0 Å². The van der Waals surface area contributed by atoms with Gasteiger partial charge >= 0.3 is 11.9 Å². The van der Waals surface area contributed by atoms with E-state index in [4.69, 9.17) is 11.6 Å². The van der Waals surface area contributed by atoms with E-state index in [2.05, 4.69) is 9.47 Å². The highest BCUT2D eigenvalue weighted by Crippen LogP contribution is 2.34. The minimum absolute atomic E-state index is 0.0421. The first-order chi connectivity index (χ1) is 13.6. The average Bonchev–Trinajstić information content (AvgIpc) is 2.71. The van der Waals surface area contributed by atoms with E-state index in [0.29, 0.717) is 4.31 Å². The molecule has 0 atom stereocenters. The van der Waals surface area contributed by atoms with Gasteiger partial charge in [-0.05, 0) is 24.3 Å². The Balaban J connectivity index is 2.74. The van der Waals surface area contributed by atoms with Crippen LogP contribution in [0.1, 0.15) is 10.4 Å². The Kier molecular flexibility index (Phi) is 6.77. The van der Waals surface area contributed by atoms with Crippen LogP contribution in [0.3, 0.4) is 0 Å². The van der Waals surface area contributed by atoms with Crippen molar-refractivity contribution in [2.24, 2.45) is 0 Å². The van der Waals surface area contributed by atoms with E-state index in [1.165, 1.54) is 24.3 Å². The maximum atomic E-state index is 13.3. The topological polar surface area (TPSA) is 133 Å². The number of hydrogen-bond donors (Lipinski definition) is 0. The lowest BCUT2D eigenvalue weighted by molar-refractivity contribution is -0.387. The number of nitro benzene ring substituents is 1. The summed E-state index contributed by atoms with van der Waals surface area (Å²) < 4.78 is 36.2. The molecule has 154 valence electrons. The van der Waals surface area contributed by atoms with Crippen molar-refractivity contribution >= 4 is 44.9 Å². The number of nitro groups is 1. The fourth-order valence-corrected chi connectivity index (χ4v) is 4.22. The molecule has 2 rings (SSSR count). The van der Waals surface area contributed by atoms with E-state index < -0.39 is 44.0 Å². The Morgan fingerprint density at radius 3 is 2.38 bits per heavy atom. The van der Waals surface area contributed by atoms with Crippen molar-refractivity contribution in [1.82, 2.24) is 0 Å². The molecule has 2 aromatic rings. The van der Waals surface area contributed by atoms with Gasteiger partial charge < -0.3 is 9.47 Å². The highest BCUT2D eigenvalue weighted by atomic mass is 35.5. The van der Waals surface area contributed by atoms with E-state index in [9.17, 15) is 28.1 Å². The molecule has 10 nitrogen and oxygen atoms in total. The predicted octanol–water partition coefficient (Wildman–Crippen LogP) is 2.40. The number of halogens is 1. The molecule has 0 saturated heterocycles. The van der Waals surface area contributed by atoms with Crippen molar-refractivity contribution in [2.45, 2.75) is 4.90 Å². The quantitative estimate of drug-likeness (QED) is 0.362. The standard InChI is InChI=1S/C17H15ClN2O8S/c1-27-16(21)10-19(14-9-11(17(22)28-2)7-8-12(14)18)29(25,26)15-6-4-3-5-13(15)20(23)24/h3-9H,10H2,1-2H3. The molecule has 0 aliphatic carbocycles. The number of methoxy groups -OCH3 is 2. The number of esters is 2. The van der Waals surface area contributed by atoms with Crippen molar-refractivity contribution in [3.8, 4) is 0 Å². The largest absolute Gasteiger partial charge is 0.468 e. The smallest absolute Gasteiger partial charge is 0.337 e. The number of carbonyl (C=O) groups excluding carboxylic acids is 2. The second-order valence-corrected chi connectivity index (χ2v) is 7.71. The summed E-state index contributed by atoms with van der Waals surface area (Å²) in [5.41, 5.74) is -0.986. The lowest BCUT2D eigenvalue weighted by atomic mass is 10.2. The average molecular weight is 443 g/mol. The molecule has 0 aromatic heterocycles. The number of hydrogen-bond acceptors (Lipinski definition) is 8. The molecule has 0 unspecified atom stereocenters. The van der Waals surface area contributed by atoms with Gasteiger partial charge in [-0.3, -0.25) is 19.2 Å². The lowest BCUT2D eigenvalue weighted by Crippen LogP contribution is -2.37. The van der Waals surface area contributed by atoms with Crippen LogP contribution in [0.5, 0.6) is 0 Å². The van der Waals surface area contributed by atoms with Crippen LogP contribution < -0.4 is 4.31 Å². The third-order valence-corrected chi connectivity index (χ3v) is 5.89. The zero-order valence-electron chi connectivity index (χ0n) is 15.2. The Bertz CT molecular complexity index is 1070. The van der Waals surface area contributed by atoms with Crippen molar-refractivity contribution in [1.29, 1.82) is 0 Å². The number of sulfonamides is 1. The van der Waals surface area contributed by atoms with Crippen molar-refractivity contribution in [3.63, 3.8) is 0 Å². The summed E-state index contributed by atoms with van der Waals surface area (Å²) in [4.78, 5) is 33.5. The molecule has 0 radical (unpaired) electrons. The molecule has 0 heterocycles. The van der Waals surface area contributed by atoms with Crippen LogP contribution in [0.4, 0.5) is 11.4 Å². The molecule has 0 fully saturated rings. The molecule has 0 N–H and O–H groups in total. The molecule has 0 bridgehead atoms. The SMILES string of the molecule is COC(=O)CN(c1cc(C(=O)OC)ccc1Cl)S(=O)(=O)c1ccccc1[N+](=O)[O-]. The van der Waals surface area contributed by atoms with Crippen LogP contribution in [-0.2, 0) is 24.3 Å². The molecule has 0 amide bonds. The highest BCUT2D eigenvalue weighted by molar-refractivity contribution is 7.93. The molecule has 29 heavy (non-hydrogen) atoms. The van der Waals surface area contributed by atoms with Crippen LogP contribution in [0.25, 0.3) is 0 Å². The number of nitrogens with zero attached hydrogens (tertiary/aromatic N) is 2. The summed E-state index contributed by atoms with van der Waals surface area (Å²) >= 11 is 6.12. The fourth-order valence-electron chi connectivity index (χ4n) is 2.37. The normalized spacial score (nSPS) is 10.9. The summed E-state index contributed by atoms with van der Waals surface area (Å²) in [6.45, 7) is -0.838. The number of rotatable bonds is 7. The second kappa shape index (κ2) is 8.88. The first-order valence-electron chi connectivity index (χ1n) is 7.84. The third kappa shape index (κ3) is 4.63. The Morgan fingerprint density at radius 1 is 1.14 bits per heavy atom. The van der Waals surface area contributed by atoms with Gasteiger partial charge in [-0.2, -0.15) is 0 Å². The zero-order valence-corrected chi connectivity index (χ0v) is 16.8. The summed E-state index contributed by atoms with van der Waals surface area (Å²) in [7, 11) is -2.47. The van der Waals surface area contributed by atoms with Crippen molar-refractivity contribution in [3.05, 3.63) is 63.2 Å². The number of carbonyl (C=O) groups is 2. The van der Waals surface area contributed by atoms with E-state index in [0.717, 1.165) is 32.4 Å². The van der Waals surface area contributed by atoms with Gasteiger partial charge in [0.05, 0.1) is 35.4 Å². The van der Waals surface area contributed by atoms with E-state index >= 15 is 0 Å². The number of anilines is 1. The molecule has 2 aromatic carbocycles. The first kappa shape index (κ1) is 22.1. The second-order valence-electron chi connectivity index (χ2n) is 5.47. The van der Waals surface area contributed by atoms with Crippen LogP contribution in [0.15, 0.2) is 47.4 Å². The highest BCUT2D eigenvalue weighted by Gasteiger charge is 2.34. The third-order valence-electron chi connectivity index (χ3n) is 3.77. The van der Waals surface area contributed by atoms with E-state index in [-0.39, 0.29) is 16.3 Å². The van der Waals surface area contributed by atoms with Crippen LogP contribution in [0.2, 0.25) is 5.02 Å². The Morgan fingerprint density at radius 2 is 1.79 bits per heavy atom. The van der Waals surface area contributed by atoms with Gasteiger partial charge in [0.25, 0.3) is 15.7 Å². The molecular formula is C17H15ClN2O8S. The summed E-state index contributed by atoms with van der Waals surface area (Å²) in [5.74, 6) is -1.73. The van der Waals surface area contributed by atoms with Crippen LogP contribution in [0, 0.1) is 10.1 Å². The number of benzene rings is 2. The van der Waals surface area contributed by atoms with Gasteiger partial charge in [-0.1, -0.05) is 23.7 Å². The van der Waals surface area contributed by atoms with E-state index in [1.807, 2.05) is 0 Å². The monoisotopic (exact) mass is 442 g/mol. The Labute approximate surface area is 170 Å². The summed E-state index contributed by atoms with van der Waals surface area (Å²) in [5, 5.41) is 11.2. The minimum Gasteiger partial charge on any atom is -0.468 e. The summed E-state index contributed by atoms with van der Waals surface area (Å²) in [6, 6.07) is 8.26. The first-order valence-corrected chi connectivity index (χ1v) is 9.66. The minimum atomic E-state index is -4.65. The van der Waals surface area contributed by atoms with Crippen molar-refractivity contribution < 1.29 is 32.4 Å². The molecule has 0 spiro atoms.